The number of halogens is 3. The molecule has 0 radical (unpaired) electrons. The van der Waals surface area contributed by atoms with E-state index in [1.54, 1.807) is 6.07 Å². The van der Waals surface area contributed by atoms with Crippen LogP contribution in [0.3, 0.4) is 0 Å². The average Bonchev–Trinajstić information content (AvgIpc) is 2.27. The highest BCUT2D eigenvalue weighted by molar-refractivity contribution is 6.33. The fourth-order valence-corrected chi connectivity index (χ4v) is 2.46. The first-order chi connectivity index (χ1) is 8.34. The molecule has 0 aliphatic heterocycles. The molecule has 0 fully saturated rings. The average molecular weight is 309 g/mol. The fourth-order valence-electron chi connectivity index (χ4n) is 1.86. The lowest BCUT2D eigenvalue weighted by Gasteiger charge is -2.31. The van der Waals surface area contributed by atoms with Gasteiger partial charge >= 0.3 is 0 Å². The van der Waals surface area contributed by atoms with Gasteiger partial charge in [0.2, 0.25) is 0 Å². The van der Waals surface area contributed by atoms with Gasteiger partial charge in [-0.15, -0.1) is 11.6 Å². The zero-order valence-corrected chi connectivity index (χ0v) is 13.3. The van der Waals surface area contributed by atoms with Crippen molar-refractivity contribution in [3.8, 4) is 0 Å². The van der Waals surface area contributed by atoms with Gasteiger partial charge in [-0.1, -0.05) is 44.0 Å². The fraction of sp³-hybridized carbons (Fsp3) is 0.571. The van der Waals surface area contributed by atoms with Gasteiger partial charge in [0.05, 0.1) is 0 Å². The van der Waals surface area contributed by atoms with Crippen LogP contribution in [0, 0.1) is 5.41 Å². The second-order valence-electron chi connectivity index (χ2n) is 5.51. The topological polar surface area (TPSA) is 12.0 Å². The van der Waals surface area contributed by atoms with Gasteiger partial charge in [-0.3, -0.25) is 0 Å². The molecule has 0 amide bonds. The van der Waals surface area contributed by atoms with Gasteiger partial charge in [-0.05, 0) is 35.6 Å². The van der Waals surface area contributed by atoms with E-state index in [1.807, 2.05) is 12.1 Å². The lowest BCUT2D eigenvalue weighted by atomic mass is 9.85. The summed E-state index contributed by atoms with van der Waals surface area (Å²) in [5.74, 6) is 0.651. The van der Waals surface area contributed by atoms with Crippen LogP contribution in [-0.4, -0.2) is 11.9 Å². The Morgan fingerprint density at radius 2 is 1.89 bits per heavy atom. The van der Waals surface area contributed by atoms with E-state index < -0.39 is 0 Å². The highest BCUT2D eigenvalue weighted by Gasteiger charge is 2.23. The monoisotopic (exact) mass is 307 g/mol. The molecule has 0 spiro atoms. The third-order valence-electron chi connectivity index (χ3n) is 2.99. The molecule has 0 saturated heterocycles. The molecule has 18 heavy (non-hydrogen) atoms. The van der Waals surface area contributed by atoms with Gasteiger partial charge in [-0.25, -0.2) is 0 Å². The van der Waals surface area contributed by atoms with Crippen molar-refractivity contribution in [2.75, 3.05) is 5.88 Å². The summed E-state index contributed by atoms with van der Waals surface area (Å²) < 4.78 is 0. The highest BCUT2D eigenvalue weighted by atomic mass is 35.5. The third-order valence-corrected chi connectivity index (χ3v) is 3.81. The van der Waals surface area contributed by atoms with Gasteiger partial charge in [0.1, 0.15) is 0 Å². The second kappa shape index (κ2) is 7.00. The first-order valence-electron chi connectivity index (χ1n) is 6.08. The second-order valence-corrected chi connectivity index (χ2v) is 6.73. The summed E-state index contributed by atoms with van der Waals surface area (Å²) in [6.45, 7) is 7.32. The minimum Gasteiger partial charge on any atom is -0.309 e. The molecule has 0 saturated carbocycles. The molecule has 0 aromatic heterocycles. The van der Waals surface area contributed by atoms with Crippen molar-refractivity contribution in [3.63, 3.8) is 0 Å². The van der Waals surface area contributed by atoms with Crippen molar-refractivity contribution in [2.45, 2.75) is 39.8 Å². The summed E-state index contributed by atoms with van der Waals surface area (Å²) in [7, 11) is 0. The molecule has 1 nitrogen and oxygen atoms in total. The first kappa shape index (κ1) is 16.1. The summed E-state index contributed by atoms with van der Waals surface area (Å²) in [4.78, 5) is 0. The van der Waals surface area contributed by atoms with Crippen LogP contribution in [0.2, 0.25) is 10.0 Å². The van der Waals surface area contributed by atoms with Crippen LogP contribution in [-0.2, 0) is 6.54 Å². The molecule has 0 aliphatic carbocycles. The van der Waals surface area contributed by atoms with E-state index in [-0.39, 0.29) is 5.41 Å². The van der Waals surface area contributed by atoms with Gasteiger partial charge in [0.15, 0.2) is 0 Å². The van der Waals surface area contributed by atoms with E-state index in [9.17, 15) is 0 Å². The zero-order valence-electron chi connectivity index (χ0n) is 11.1. The smallest absolute Gasteiger partial charge is 0.0451 e. The van der Waals surface area contributed by atoms with Crippen molar-refractivity contribution in [1.82, 2.24) is 5.32 Å². The maximum absolute atomic E-state index is 6.15. The quantitative estimate of drug-likeness (QED) is 0.744. The summed E-state index contributed by atoms with van der Waals surface area (Å²) in [6.07, 6.45) is 0.934. The van der Waals surface area contributed by atoms with E-state index >= 15 is 0 Å². The first-order valence-corrected chi connectivity index (χ1v) is 7.37. The lowest BCUT2D eigenvalue weighted by Crippen LogP contribution is -2.40. The normalized spacial score (nSPS) is 13.7. The minimum absolute atomic E-state index is 0.167. The molecular formula is C14H20Cl3N. The Labute approximate surface area is 125 Å². The van der Waals surface area contributed by atoms with Crippen molar-refractivity contribution >= 4 is 34.8 Å². The maximum Gasteiger partial charge on any atom is 0.0451 e. The molecular weight excluding hydrogens is 289 g/mol. The van der Waals surface area contributed by atoms with Crippen LogP contribution in [0.15, 0.2) is 18.2 Å². The van der Waals surface area contributed by atoms with Crippen LogP contribution < -0.4 is 5.32 Å². The lowest BCUT2D eigenvalue weighted by molar-refractivity contribution is 0.260. The molecule has 102 valence electrons. The maximum atomic E-state index is 6.15. The molecule has 1 rings (SSSR count). The van der Waals surface area contributed by atoms with Gasteiger partial charge in [0, 0.05) is 28.5 Å². The molecule has 0 aliphatic rings. The molecule has 1 aromatic carbocycles. The Kier molecular flexibility index (Phi) is 6.26. The Balaban J connectivity index is 2.70. The molecule has 0 bridgehead atoms. The summed E-state index contributed by atoms with van der Waals surface area (Å²) in [5, 5.41) is 4.97. The number of nitrogens with one attached hydrogen (secondary N) is 1. The molecule has 1 N–H and O–H groups in total. The van der Waals surface area contributed by atoms with Crippen molar-refractivity contribution < 1.29 is 0 Å². The molecule has 0 heterocycles. The zero-order chi connectivity index (χ0) is 13.8. The van der Waals surface area contributed by atoms with Crippen LogP contribution in [0.5, 0.6) is 0 Å². The van der Waals surface area contributed by atoms with Crippen LogP contribution in [0.1, 0.15) is 32.8 Å². The highest BCUT2D eigenvalue weighted by Crippen LogP contribution is 2.24. The molecule has 1 unspecified atom stereocenters. The SMILES string of the molecule is CC(C)(C)C(CCCl)NCc1cc(Cl)ccc1Cl. The molecule has 1 aromatic rings. The number of rotatable bonds is 5. The number of benzene rings is 1. The number of alkyl halides is 1. The van der Waals surface area contributed by atoms with Crippen LogP contribution in [0.4, 0.5) is 0 Å². The Morgan fingerprint density at radius 1 is 1.22 bits per heavy atom. The number of hydrogen-bond donors (Lipinski definition) is 1. The van der Waals surface area contributed by atoms with Crippen LogP contribution in [0.25, 0.3) is 0 Å². The summed E-state index contributed by atoms with van der Waals surface area (Å²) in [6, 6.07) is 5.88. The van der Waals surface area contributed by atoms with Gasteiger partial charge < -0.3 is 5.32 Å². The minimum atomic E-state index is 0.167. The molecule has 1 atom stereocenters. The standard InChI is InChI=1S/C14H20Cl3N/c1-14(2,3)13(6-7-15)18-9-10-8-11(16)4-5-12(10)17/h4-5,8,13,18H,6-7,9H2,1-3H3. The van der Waals surface area contributed by atoms with Crippen molar-refractivity contribution in [1.29, 1.82) is 0 Å². The third kappa shape index (κ3) is 4.97. The van der Waals surface area contributed by atoms with Gasteiger partial charge in [0.25, 0.3) is 0 Å². The summed E-state index contributed by atoms with van der Waals surface area (Å²) in [5.41, 5.74) is 1.19. The van der Waals surface area contributed by atoms with Crippen molar-refractivity contribution in [2.24, 2.45) is 5.41 Å². The van der Waals surface area contributed by atoms with E-state index in [0.29, 0.717) is 23.5 Å². The Bertz CT molecular complexity index is 385. The van der Waals surface area contributed by atoms with E-state index in [4.69, 9.17) is 34.8 Å². The van der Waals surface area contributed by atoms with Gasteiger partial charge in [-0.2, -0.15) is 0 Å². The predicted octanol–water partition coefficient (Wildman–Crippen LogP) is 5.13. The predicted molar refractivity (Wildman–Crippen MR) is 81.9 cm³/mol. The van der Waals surface area contributed by atoms with Crippen molar-refractivity contribution in [3.05, 3.63) is 33.8 Å². The summed E-state index contributed by atoms with van der Waals surface area (Å²) >= 11 is 18.0. The Hall–Kier alpha value is 0.0500. The van der Waals surface area contributed by atoms with E-state index in [0.717, 1.165) is 17.0 Å². The largest absolute Gasteiger partial charge is 0.309 e. The number of hydrogen-bond acceptors (Lipinski definition) is 1. The Morgan fingerprint density at radius 3 is 2.44 bits per heavy atom. The van der Waals surface area contributed by atoms with Crippen LogP contribution >= 0.6 is 34.8 Å². The van der Waals surface area contributed by atoms with E-state index in [2.05, 4.69) is 26.1 Å². The van der Waals surface area contributed by atoms with E-state index in [1.165, 1.54) is 0 Å². The molecule has 4 heteroatoms.